The van der Waals surface area contributed by atoms with Crippen molar-refractivity contribution >= 4 is 28.9 Å². The van der Waals surface area contributed by atoms with Crippen LogP contribution in [0, 0.1) is 5.82 Å². The van der Waals surface area contributed by atoms with Gasteiger partial charge >= 0.3 is 0 Å². The van der Waals surface area contributed by atoms with E-state index < -0.39 is 0 Å². The van der Waals surface area contributed by atoms with Gasteiger partial charge in [0.25, 0.3) is 0 Å². The Labute approximate surface area is 113 Å². The number of benzene rings is 1. The lowest BCUT2D eigenvalue weighted by Gasteiger charge is -2.14. The third kappa shape index (κ3) is 2.27. The Bertz CT molecular complexity index is 695. The fourth-order valence-corrected chi connectivity index (χ4v) is 2.11. The van der Waals surface area contributed by atoms with Gasteiger partial charge in [-0.1, -0.05) is 23.7 Å². The van der Waals surface area contributed by atoms with E-state index in [1.54, 1.807) is 18.2 Å². The van der Waals surface area contributed by atoms with Gasteiger partial charge in [-0.25, -0.2) is 14.4 Å². The number of carbonyl (C=O) groups excluding carboxylic acids is 1. The van der Waals surface area contributed by atoms with Crippen molar-refractivity contribution in [1.29, 1.82) is 0 Å². The molecule has 0 bridgehead atoms. The minimum Gasteiger partial charge on any atom is -0.294 e. The van der Waals surface area contributed by atoms with Crippen LogP contribution >= 0.6 is 11.6 Å². The molecule has 2 aromatic rings. The largest absolute Gasteiger partial charge is 0.294 e. The summed E-state index contributed by atoms with van der Waals surface area (Å²) in [4.78, 5) is 20.4. The van der Waals surface area contributed by atoms with E-state index in [0.717, 1.165) is 5.56 Å². The Balaban J connectivity index is 2.08. The SMILES string of the molecule is O=C1CC(c2ccc(F)cc2)=Nc2ncc(Cl)cc21. The number of Topliss-reactive ketones (excluding diaryl/α,β-unsaturated/α-hetero) is 1. The summed E-state index contributed by atoms with van der Waals surface area (Å²) in [6, 6.07) is 7.45. The summed E-state index contributed by atoms with van der Waals surface area (Å²) in [5.74, 6) is -0.0453. The molecule has 2 heterocycles. The molecular formula is C14H8ClFN2O. The molecule has 0 atom stereocenters. The number of nitrogens with zero attached hydrogens (tertiary/aromatic N) is 2. The molecule has 1 aliphatic rings. The monoisotopic (exact) mass is 274 g/mol. The second kappa shape index (κ2) is 4.55. The summed E-state index contributed by atoms with van der Waals surface area (Å²) in [6.45, 7) is 0. The molecule has 1 aromatic heterocycles. The van der Waals surface area contributed by atoms with Gasteiger partial charge in [0.05, 0.1) is 22.7 Å². The van der Waals surface area contributed by atoms with Crippen LogP contribution in [-0.2, 0) is 0 Å². The Morgan fingerprint density at radius 1 is 1.21 bits per heavy atom. The summed E-state index contributed by atoms with van der Waals surface area (Å²) in [6.07, 6.45) is 1.62. The number of fused-ring (bicyclic) bond motifs is 1. The van der Waals surface area contributed by atoms with E-state index in [-0.39, 0.29) is 18.0 Å². The first kappa shape index (κ1) is 12.0. The third-order valence-electron chi connectivity index (χ3n) is 2.88. The van der Waals surface area contributed by atoms with E-state index in [1.165, 1.54) is 18.3 Å². The first-order chi connectivity index (χ1) is 9.13. The second-order valence-electron chi connectivity index (χ2n) is 4.19. The van der Waals surface area contributed by atoms with E-state index in [1.807, 2.05) is 0 Å². The van der Waals surface area contributed by atoms with E-state index in [9.17, 15) is 9.18 Å². The number of ketones is 1. The smallest absolute Gasteiger partial charge is 0.172 e. The van der Waals surface area contributed by atoms with Crippen LogP contribution < -0.4 is 0 Å². The van der Waals surface area contributed by atoms with E-state index in [4.69, 9.17) is 11.6 Å². The summed E-state index contributed by atoms with van der Waals surface area (Å²) in [5.41, 5.74) is 1.74. The summed E-state index contributed by atoms with van der Waals surface area (Å²) in [7, 11) is 0. The fourth-order valence-electron chi connectivity index (χ4n) is 1.95. The summed E-state index contributed by atoms with van der Waals surface area (Å²) >= 11 is 5.81. The van der Waals surface area contributed by atoms with Gasteiger partial charge in [0.1, 0.15) is 5.82 Å². The molecule has 5 heteroatoms. The van der Waals surface area contributed by atoms with E-state index in [0.29, 0.717) is 22.1 Å². The van der Waals surface area contributed by atoms with Crippen molar-refractivity contribution in [2.75, 3.05) is 0 Å². The highest BCUT2D eigenvalue weighted by Gasteiger charge is 2.22. The zero-order valence-corrected chi connectivity index (χ0v) is 10.5. The topological polar surface area (TPSA) is 42.3 Å². The predicted molar refractivity (Wildman–Crippen MR) is 70.8 cm³/mol. The molecule has 0 radical (unpaired) electrons. The minimum atomic E-state index is -0.322. The molecule has 0 saturated heterocycles. The van der Waals surface area contributed by atoms with Crippen LogP contribution in [0.5, 0.6) is 0 Å². The zero-order valence-electron chi connectivity index (χ0n) is 9.73. The van der Waals surface area contributed by atoms with Crippen LogP contribution in [0.15, 0.2) is 41.5 Å². The standard InChI is InChI=1S/C14H8ClFN2O/c15-9-5-11-13(19)6-12(18-14(11)17-7-9)8-1-3-10(16)4-2-8/h1-5,7H,6H2. The lowest BCUT2D eigenvalue weighted by molar-refractivity contribution is 0.0999. The molecule has 0 fully saturated rings. The van der Waals surface area contributed by atoms with Crippen molar-refractivity contribution in [2.45, 2.75) is 6.42 Å². The zero-order chi connectivity index (χ0) is 13.4. The first-order valence-electron chi connectivity index (χ1n) is 5.66. The molecule has 94 valence electrons. The second-order valence-corrected chi connectivity index (χ2v) is 4.63. The van der Waals surface area contributed by atoms with Gasteiger partial charge in [-0.3, -0.25) is 4.79 Å². The van der Waals surface area contributed by atoms with Gasteiger partial charge in [0.2, 0.25) is 0 Å². The third-order valence-corrected chi connectivity index (χ3v) is 3.09. The lowest BCUT2D eigenvalue weighted by Crippen LogP contribution is -2.15. The highest BCUT2D eigenvalue weighted by Crippen LogP contribution is 2.27. The average Bonchev–Trinajstić information content (AvgIpc) is 2.40. The molecule has 0 N–H and O–H groups in total. The van der Waals surface area contributed by atoms with Gasteiger partial charge in [-0.15, -0.1) is 0 Å². The lowest BCUT2D eigenvalue weighted by atomic mass is 9.98. The number of aliphatic imine (C=N–C) groups is 1. The molecule has 1 aliphatic heterocycles. The molecule has 0 unspecified atom stereocenters. The van der Waals surface area contributed by atoms with Crippen LogP contribution in [0.1, 0.15) is 22.3 Å². The molecule has 0 aliphatic carbocycles. The Kier molecular flexibility index (Phi) is 2.87. The predicted octanol–water partition coefficient (Wildman–Crippen LogP) is 3.58. The van der Waals surface area contributed by atoms with Crippen molar-refractivity contribution in [3.8, 4) is 0 Å². The normalized spacial score (nSPS) is 14.0. The number of halogens is 2. The van der Waals surface area contributed by atoms with Gasteiger partial charge in [0.15, 0.2) is 11.6 Å². The number of carbonyl (C=O) groups is 1. The van der Waals surface area contributed by atoms with Gasteiger partial charge in [-0.2, -0.15) is 0 Å². The highest BCUT2D eigenvalue weighted by atomic mass is 35.5. The minimum absolute atomic E-state index is 0.0840. The molecule has 19 heavy (non-hydrogen) atoms. The first-order valence-corrected chi connectivity index (χ1v) is 6.03. The number of hydrogen-bond donors (Lipinski definition) is 0. The molecule has 0 spiro atoms. The number of hydrogen-bond acceptors (Lipinski definition) is 3. The number of aromatic nitrogens is 1. The Morgan fingerprint density at radius 3 is 2.68 bits per heavy atom. The quantitative estimate of drug-likeness (QED) is 0.798. The van der Waals surface area contributed by atoms with Crippen LogP contribution in [0.4, 0.5) is 10.2 Å². The van der Waals surface area contributed by atoms with Crippen LogP contribution in [-0.4, -0.2) is 16.5 Å². The molecule has 1 aromatic carbocycles. The molecule has 3 rings (SSSR count). The molecule has 3 nitrogen and oxygen atoms in total. The van der Waals surface area contributed by atoms with E-state index >= 15 is 0 Å². The van der Waals surface area contributed by atoms with Crippen molar-refractivity contribution in [2.24, 2.45) is 4.99 Å². The molecule has 0 saturated carbocycles. The maximum atomic E-state index is 12.9. The van der Waals surface area contributed by atoms with Gasteiger partial charge in [-0.05, 0) is 23.8 Å². The molecule has 0 amide bonds. The summed E-state index contributed by atoms with van der Waals surface area (Å²) in [5, 5.41) is 0.410. The van der Waals surface area contributed by atoms with Crippen molar-refractivity contribution in [1.82, 2.24) is 4.98 Å². The fraction of sp³-hybridized carbons (Fsp3) is 0.0714. The van der Waals surface area contributed by atoms with E-state index in [2.05, 4.69) is 9.98 Å². The Hall–Kier alpha value is -2.07. The van der Waals surface area contributed by atoms with Gasteiger partial charge in [0, 0.05) is 6.20 Å². The van der Waals surface area contributed by atoms with Gasteiger partial charge < -0.3 is 0 Å². The van der Waals surface area contributed by atoms with Crippen LogP contribution in [0.25, 0.3) is 0 Å². The number of pyridine rings is 1. The van der Waals surface area contributed by atoms with Crippen molar-refractivity contribution in [3.63, 3.8) is 0 Å². The summed E-state index contributed by atoms with van der Waals surface area (Å²) < 4.78 is 12.9. The van der Waals surface area contributed by atoms with Crippen LogP contribution in [0.3, 0.4) is 0 Å². The average molecular weight is 275 g/mol. The highest BCUT2D eigenvalue weighted by molar-refractivity contribution is 6.31. The maximum Gasteiger partial charge on any atom is 0.172 e. The van der Waals surface area contributed by atoms with Crippen molar-refractivity contribution < 1.29 is 9.18 Å². The van der Waals surface area contributed by atoms with Crippen LogP contribution in [0.2, 0.25) is 5.02 Å². The Morgan fingerprint density at radius 2 is 1.95 bits per heavy atom. The molecular weight excluding hydrogens is 267 g/mol. The van der Waals surface area contributed by atoms with Crippen molar-refractivity contribution in [3.05, 3.63) is 58.5 Å². The maximum absolute atomic E-state index is 12.9. The number of rotatable bonds is 1.